The smallest absolute Gasteiger partial charge is 0.420 e. The molecule has 0 spiro atoms. The Hall–Kier alpha value is -3.90. The van der Waals surface area contributed by atoms with Crippen LogP contribution in [0.25, 0.3) is 0 Å². The predicted molar refractivity (Wildman–Crippen MR) is 111 cm³/mol. The first-order valence-electron chi connectivity index (χ1n) is 9.46. The molecule has 3 aromatic rings. The van der Waals surface area contributed by atoms with Gasteiger partial charge in [-0.2, -0.15) is 5.26 Å². The van der Waals surface area contributed by atoms with E-state index in [1.54, 1.807) is 30.3 Å². The van der Waals surface area contributed by atoms with Crippen molar-refractivity contribution >= 4 is 17.5 Å². The van der Waals surface area contributed by atoms with E-state index in [0.717, 1.165) is 6.07 Å². The number of halogens is 2. The van der Waals surface area contributed by atoms with Gasteiger partial charge in [-0.15, -0.1) is 5.10 Å². The van der Waals surface area contributed by atoms with Crippen LogP contribution in [-0.4, -0.2) is 22.7 Å². The standard InChI is InChI=1S/C22H16ClFN4O4/c1-22(20-27-28-21(32-20)31-16-4-2-3-13(7-16)11-25)9-14(10-22)26-19(29)12-30-15-5-6-17(23)18(24)8-15/h2-9H,10,12H2,1H3,(H,26,29). The second-order valence-corrected chi connectivity index (χ2v) is 7.70. The largest absolute Gasteiger partial charge is 0.484 e. The van der Waals surface area contributed by atoms with Gasteiger partial charge < -0.3 is 19.2 Å². The zero-order valence-electron chi connectivity index (χ0n) is 16.8. The normalized spacial score (nSPS) is 17.0. The van der Waals surface area contributed by atoms with Crippen LogP contribution >= 0.6 is 11.6 Å². The summed E-state index contributed by atoms with van der Waals surface area (Å²) in [5.41, 5.74) is 0.554. The number of nitriles is 1. The molecule has 1 aliphatic carbocycles. The van der Waals surface area contributed by atoms with Crippen molar-refractivity contribution in [2.75, 3.05) is 6.61 Å². The van der Waals surface area contributed by atoms with Crippen LogP contribution < -0.4 is 14.8 Å². The van der Waals surface area contributed by atoms with E-state index in [9.17, 15) is 9.18 Å². The van der Waals surface area contributed by atoms with Gasteiger partial charge in [0.05, 0.1) is 22.1 Å². The van der Waals surface area contributed by atoms with E-state index in [-0.39, 0.29) is 29.4 Å². The second kappa shape index (κ2) is 8.69. The number of carbonyl (C=O) groups is 1. The maximum atomic E-state index is 13.4. The highest BCUT2D eigenvalue weighted by Crippen LogP contribution is 2.40. The number of allylic oxidation sites excluding steroid dienone is 2. The SMILES string of the molecule is CC1(c2nnc(Oc3cccc(C#N)c3)o2)C=C(NC(=O)COc2ccc(Cl)c(F)c2)C1. The Morgan fingerprint density at radius 2 is 2.12 bits per heavy atom. The Morgan fingerprint density at radius 3 is 2.88 bits per heavy atom. The van der Waals surface area contributed by atoms with E-state index in [2.05, 4.69) is 15.5 Å². The maximum Gasteiger partial charge on any atom is 0.420 e. The lowest BCUT2D eigenvalue weighted by molar-refractivity contribution is -0.122. The van der Waals surface area contributed by atoms with Gasteiger partial charge in [0.2, 0.25) is 5.89 Å². The van der Waals surface area contributed by atoms with Crippen LogP contribution in [0.3, 0.4) is 0 Å². The molecule has 1 atom stereocenters. The minimum absolute atomic E-state index is 0.0222. The highest BCUT2D eigenvalue weighted by atomic mass is 35.5. The molecule has 4 rings (SSSR count). The molecule has 162 valence electrons. The molecule has 0 saturated carbocycles. The molecule has 0 aliphatic heterocycles. The quantitative estimate of drug-likeness (QED) is 0.567. The van der Waals surface area contributed by atoms with Gasteiger partial charge in [0.1, 0.15) is 17.3 Å². The van der Waals surface area contributed by atoms with Crippen LogP contribution in [0, 0.1) is 17.1 Å². The molecule has 0 bridgehead atoms. The molecule has 1 aromatic heterocycles. The van der Waals surface area contributed by atoms with Crippen LogP contribution in [0.4, 0.5) is 4.39 Å². The van der Waals surface area contributed by atoms with Gasteiger partial charge in [-0.3, -0.25) is 4.79 Å². The van der Waals surface area contributed by atoms with Crippen molar-refractivity contribution in [2.24, 2.45) is 0 Å². The van der Waals surface area contributed by atoms with Gasteiger partial charge in [0, 0.05) is 18.2 Å². The molecule has 0 saturated heterocycles. The lowest BCUT2D eigenvalue weighted by atomic mass is 9.75. The Labute approximate surface area is 187 Å². The second-order valence-electron chi connectivity index (χ2n) is 7.29. The Kier molecular flexibility index (Phi) is 5.79. The fraction of sp³-hybridized carbons (Fsp3) is 0.182. The fourth-order valence-corrected chi connectivity index (χ4v) is 3.23. The number of carbonyl (C=O) groups excluding carboxylic acids is 1. The van der Waals surface area contributed by atoms with Crippen molar-refractivity contribution in [1.29, 1.82) is 5.26 Å². The summed E-state index contributed by atoms with van der Waals surface area (Å²) in [5, 5.41) is 19.6. The van der Waals surface area contributed by atoms with Crippen molar-refractivity contribution in [3.8, 4) is 23.6 Å². The molecule has 32 heavy (non-hydrogen) atoms. The summed E-state index contributed by atoms with van der Waals surface area (Å²) in [7, 11) is 0. The van der Waals surface area contributed by atoms with E-state index in [4.69, 9.17) is 30.8 Å². The first-order chi connectivity index (χ1) is 15.3. The molecule has 10 heteroatoms. The highest BCUT2D eigenvalue weighted by molar-refractivity contribution is 6.30. The van der Waals surface area contributed by atoms with E-state index in [1.165, 1.54) is 12.1 Å². The average molecular weight is 455 g/mol. The zero-order chi connectivity index (χ0) is 22.7. The van der Waals surface area contributed by atoms with Crippen LogP contribution in [0.1, 0.15) is 24.8 Å². The molecular formula is C22H16ClFN4O4. The molecule has 0 fully saturated rings. The zero-order valence-corrected chi connectivity index (χ0v) is 17.5. The third kappa shape index (κ3) is 4.71. The Bertz CT molecular complexity index is 1250. The first kappa shape index (κ1) is 21.3. The Morgan fingerprint density at radius 1 is 1.31 bits per heavy atom. The number of amides is 1. The van der Waals surface area contributed by atoms with Crippen molar-refractivity contribution in [3.63, 3.8) is 0 Å². The molecule has 2 aromatic carbocycles. The summed E-state index contributed by atoms with van der Waals surface area (Å²) in [6.07, 6.45) is 2.20. The Balaban J connectivity index is 1.32. The van der Waals surface area contributed by atoms with Crippen LogP contribution in [0.15, 0.2) is 58.7 Å². The number of nitrogens with one attached hydrogen (secondary N) is 1. The van der Waals surface area contributed by atoms with Crippen molar-refractivity contribution in [2.45, 2.75) is 18.8 Å². The average Bonchev–Trinajstić information content (AvgIpc) is 3.22. The van der Waals surface area contributed by atoms with Gasteiger partial charge in [0.25, 0.3) is 5.91 Å². The number of benzene rings is 2. The summed E-state index contributed by atoms with van der Waals surface area (Å²) in [6, 6.07) is 12.5. The van der Waals surface area contributed by atoms with Gasteiger partial charge in [-0.25, -0.2) is 4.39 Å². The number of hydrogen-bond acceptors (Lipinski definition) is 7. The summed E-state index contributed by atoms with van der Waals surface area (Å²) in [4.78, 5) is 12.1. The minimum atomic E-state index is -0.622. The number of nitrogens with zero attached hydrogens (tertiary/aromatic N) is 3. The summed E-state index contributed by atoms with van der Waals surface area (Å²) < 4.78 is 29.8. The lowest BCUT2D eigenvalue weighted by Crippen LogP contribution is -2.39. The summed E-state index contributed by atoms with van der Waals surface area (Å²) in [5.74, 6) is -0.0756. The molecule has 8 nitrogen and oxygen atoms in total. The van der Waals surface area contributed by atoms with Crippen LogP contribution in [-0.2, 0) is 10.2 Å². The maximum absolute atomic E-state index is 13.4. The van der Waals surface area contributed by atoms with Gasteiger partial charge in [-0.05, 0) is 43.3 Å². The molecule has 1 aliphatic rings. The molecule has 1 heterocycles. The van der Waals surface area contributed by atoms with Gasteiger partial charge in [0.15, 0.2) is 6.61 Å². The minimum Gasteiger partial charge on any atom is -0.484 e. The molecule has 1 unspecified atom stereocenters. The third-order valence-electron chi connectivity index (χ3n) is 4.67. The number of rotatable bonds is 7. The molecule has 1 amide bonds. The highest BCUT2D eigenvalue weighted by Gasteiger charge is 2.40. The molecular weight excluding hydrogens is 439 g/mol. The van der Waals surface area contributed by atoms with Gasteiger partial charge in [-0.1, -0.05) is 22.8 Å². The van der Waals surface area contributed by atoms with Gasteiger partial charge >= 0.3 is 6.08 Å². The van der Waals surface area contributed by atoms with E-state index in [0.29, 0.717) is 29.3 Å². The van der Waals surface area contributed by atoms with Crippen LogP contribution in [0.5, 0.6) is 17.6 Å². The number of ether oxygens (including phenoxy) is 2. The number of aromatic nitrogens is 2. The first-order valence-corrected chi connectivity index (χ1v) is 9.84. The van der Waals surface area contributed by atoms with Crippen molar-refractivity contribution in [3.05, 3.63) is 76.5 Å². The van der Waals surface area contributed by atoms with Crippen LogP contribution in [0.2, 0.25) is 5.02 Å². The molecule has 0 radical (unpaired) electrons. The predicted octanol–water partition coefficient (Wildman–Crippen LogP) is 4.27. The van der Waals surface area contributed by atoms with E-state index in [1.807, 2.05) is 13.0 Å². The molecule has 1 N–H and O–H groups in total. The van der Waals surface area contributed by atoms with Crippen molar-refractivity contribution < 1.29 is 23.1 Å². The monoisotopic (exact) mass is 454 g/mol. The number of hydrogen-bond donors (Lipinski definition) is 1. The third-order valence-corrected chi connectivity index (χ3v) is 4.98. The lowest BCUT2D eigenvalue weighted by Gasteiger charge is -2.33. The van der Waals surface area contributed by atoms with E-state index >= 15 is 0 Å². The summed E-state index contributed by atoms with van der Waals surface area (Å²) >= 11 is 5.62. The van der Waals surface area contributed by atoms with Crippen molar-refractivity contribution in [1.82, 2.24) is 15.5 Å². The van der Waals surface area contributed by atoms with E-state index < -0.39 is 11.2 Å². The summed E-state index contributed by atoms with van der Waals surface area (Å²) in [6.45, 7) is 1.60. The topological polar surface area (TPSA) is 110 Å². The fourth-order valence-electron chi connectivity index (χ4n) is 3.11.